The van der Waals surface area contributed by atoms with E-state index in [9.17, 15) is 4.79 Å². The summed E-state index contributed by atoms with van der Waals surface area (Å²) in [4.78, 5) is 17.7. The molecule has 276 valence electrons. The fraction of sp³-hybridized carbons (Fsp3) is 0.865. The molecule has 4 heterocycles. The van der Waals surface area contributed by atoms with Crippen molar-refractivity contribution in [1.29, 1.82) is 0 Å². The highest BCUT2D eigenvalue weighted by atomic mass is 16.3. The van der Waals surface area contributed by atoms with Gasteiger partial charge < -0.3 is 47.8 Å². The number of hydrogen-bond donors (Lipinski definition) is 5. The molecule has 0 spiro atoms. The van der Waals surface area contributed by atoms with Crippen LogP contribution in [0.5, 0.6) is 0 Å². The first-order valence-corrected chi connectivity index (χ1v) is 19.2. The van der Waals surface area contributed by atoms with Gasteiger partial charge in [-0.1, -0.05) is 57.8 Å². The standard InChI is InChI=1S/C12H25N.C7H14N2O.C7H16N2.C6H14N2.C5H7NO/c13-12-10-8-6-4-2-1-3-5-7-9-11-12;8-4-2-6-9-5-1-3-7(9)10;1-9-6-2-3-7(9)4-5-8;7-3-6-8-4-1-2-5-8;6-4-5-2-1-3-7-5/h12H,1-11,13H2;1-6,8H2;7H,2-6,8H2,1H3;1-7H2;1-3H,4,6H2. The molecular weight excluding hydrogens is 588 g/mol. The number of nitrogens with zero attached hydrogens (tertiary/aromatic N) is 3. The number of nitrogens with two attached hydrogens (primary N) is 5. The van der Waals surface area contributed by atoms with Gasteiger partial charge in [-0.2, -0.15) is 0 Å². The minimum Gasteiger partial charge on any atom is -0.468 e. The summed E-state index contributed by atoms with van der Waals surface area (Å²) in [6, 6.07) is 4.96. The van der Waals surface area contributed by atoms with Crippen LogP contribution in [0.4, 0.5) is 0 Å². The summed E-state index contributed by atoms with van der Waals surface area (Å²) in [5, 5.41) is 0. The first kappa shape index (κ1) is 43.5. The number of likely N-dealkylation sites (tertiary alicyclic amines) is 3. The van der Waals surface area contributed by atoms with Gasteiger partial charge in [0.05, 0.1) is 12.8 Å². The summed E-state index contributed by atoms with van der Waals surface area (Å²) in [7, 11) is 2.19. The molecule has 4 aliphatic rings. The number of furan rings is 1. The van der Waals surface area contributed by atoms with E-state index >= 15 is 0 Å². The zero-order chi connectivity index (χ0) is 34.4. The topological polar surface area (TPSA) is 170 Å². The van der Waals surface area contributed by atoms with Gasteiger partial charge in [0, 0.05) is 44.7 Å². The molecule has 10 heteroatoms. The molecule has 4 fully saturated rings. The molecule has 1 amide bonds. The van der Waals surface area contributed by atoms with Gasteiger partial charge in [-0.3, -0.25) is 4.79 Å². The largest absolute Gasteiger partial charge is 0.468 e. The second-order valence-electron chi connectivity index (χ2n) is 13.6. The normalized spacial score (nSPS) is 21.5. The maximum Gasteiger partial charge on any atom is 0.222 e. The van der Waals surface area contributed by atoms with Crippen LogP contribution in [0.2, 0.25) is 0 Å². The molecule has 1 saturated carbocycles. The van der Waals surface area contributed by atoms with E-state index in [4.69, 9.17) is 33.1 Å². The summed E-state index contributed by atoms with van der Waals surface area (Å²) in [5.41, 5.74) is 27.3. The smallest absolute Gasteiger partial charge is 0.222 e. The van der Waals surface area contributed by atoms with Gasteiger partial charge in [-0.15, -0.1) is 0 Å². The van der Waals surface area contributed by atoms with E-state index in [2.05, 4.69) is 16.8 Å². The van der Waals surface area contributed by atoms with E-state index in [0.29, 0.717) is 25.0 Å². The number of carbonyl (C=O) groups excluding carboxylic acids is 1. The molecule has 10 N–H and O–H groups in total. The average molecular weight is 665 g/mol. The Morgan fingerprint density at radius 1 is 0.723 bits per heavy atom. The van der Waals surface area contributed by atoms with Crippen molar-refractivity contribution in [3.63, 3.8) is 0 Å². The van der Waals surface area contributed by atoms with E-state index in [1.54, 1.807) is 6.26 Å². The molecule has 3 saturated heterocycles. The lowest BCUT2D eigenvalue weighted by molar-refractivity contribution is -0.127. The van der Waals surface area contributed by atoms with Crippen LogP contribution in [0.3, 0.4) is 0 Å². The minimum atomic E-state index is 0.299. The SMILES string of the molecule is CN1CCCC1CCN.NC1CCCCCCCCCCC1.NCCCN1CCCC1=O.NCCN1CCCC1.NCc1ccco1. The number of rotatable bonds is 8. The van der Waals surface area contributed by atoms with Gasteiger partial charge in [-0.05, 0) is 110 Å². The second-order valence-corrected chi connectivity index (χ2v) is 13.6. The third kappa shape index (κ3) is 23.5. The maximum absolute atomic E-state index is 11.0. The first-order valence-electron chi connectivity index (χ1n) is 19.2. The quantitative estimate of drug-likeness (QED) is 0.262. The lowest BCUT2D eigenvalue weighted by Crippen LogP contribution is -2.27. The minimum absolute atomic E-state index is 0.299. The van der Waals surface area contributed by atoms with Gasteiger partial charge >= 0.3 is 0 Å². The number of hydrogen-bond acceptors (Lipinski definition) is 9. The van der Waals surface area contributed by atoms with E-state index < -0.39 is 0 Å². The first-order chi connectivity index (χ1) is 22.9. The van der Waals surface area contributed by atoms with Crippen LogP contribution >= 0.6 is 0 Å². The van der Waals surface area contributed by atoms with Crippen LogP contribution in [0.1, 0.15) is 128 Å². The van der Waals surface area contributed by atoms with Crippen molar-refractivity contribution >= 4 is 5.91 Å². The predicted molar refractivity (Wildman–Crippen MR) is 199 cm³/mol. The number of carbonyl (C=O) groups is 1. The predicted octanol–water partition coefficient (Wildman–Crippen LogP) is 4.78. The van der Waals surface area contributed by atoms with Crippen LogP contribution in [-0.2, 0) is 11.3 Å². The van der Waals surface area contributed by atoms with Crippen LogP contribution in [0, 0.1) is 0 Å². The molecule has 1 aliphatic carbocycles. The van der Waals surface area contributed by atoms with Gasteiger partial charge in [0.1, 0.15) is 5.76 Å². The second kappa shape index (κ2) is 30.5. The fourth-order valence-corrected chi connectivity index (χ4v) is 6.57. The third-order valence-electron chi connectivity index (χ3n) is 9.55. The molecular formula is C37H76N8O2. The van der Waals surface area contributed by atoms with Crippen LogP contribution in [-0.4, -0.2) is 98.6 Å². The monoisotopic (exact) mass is 665 g/mol. The van der Waals surface area contributed by atoms with Crippen LogP contribution in [0.15, 0.2) is 22.8 Å². The van der Waals surface area contributed by atoms with Gasteiger partial charge in [0.2, 0.25) is 5.91 Å². The summed E-state index contributed by atoms with van der Waals surface area (Å²) in [5.74, 6) is 1.13. The van der Waals surface area contributed by atoms with Crippen molar-refractivity contribution in [2.24, 2.45) is 28.7 Å². The van der Waals surface area contributed by atoms with Crippen molar-refractivity contribution in [3.8, 4) is 0 Å². The van der Waals surface area contributed by atoms with Crippen molar-refractivity contribution in [2.75, 3.05) is 66.0 Å². The third-order valence-corrected chi connectivity index (χ3v) is 9.55. The molecule has 1 unspecified atom stereocenters. The molecule has 10 nitrogen and oxygen atoms in total. The highest BCUT2D eigenvalue weighted by Gasteiger charge is 2.19. The van der Waals surface area contributed by atoms with Crippen molar-refractivity contribution in [1.82, 2.24) is 14.7 Å². The Labute approximate surface area is 288 Å². The molecule has 0 aromatic carbocycles. The Morgan fingerprint density at radius 3 is 1.79 bits per heavy atom. The fourth-order valence-electron chi connectivity index (χ4n) is 6.57. The maximum atomic E-state index is 11.0. The average Bonchev–Trinajstić information content (AvgIpc) is 3.91. The zero-order valence-corrected chi connectivity index (χ0v) is 30.4. The Hall–Kier alpha value is -1.53. The highest BCUT2D eigenvalue weighted by molar-refractivity contribution is 5.77. The van der Waals surface area contributed by atoms with Crippen LogP contribution in [0.25, 0.3) is 0 Å². The molecule has 3 aliphatic heterocycles. The van der Waals surface area contributed by atoms with Crippen molar-refractivity contribution in [2.45, 2.75) is 141 Å². The Bertz CT molecular complexity index is 794. The summed E-state index contributed by atoms with van der Waals surface area (Å²) >= 11 is 0. The lowest BCUT2D eigenvalue weighted by atomic mass is 9.99. The summed E-state index contributed by atoms with van der Waals surface area (Å²) < 4.78 is 4.86. The molecule has 0 bridgehead atoms. The Balaban J connectivity index is 0.000000298. The lowest BCUT2D eigenvalue weighted by Gasteiger charge is -2.17. The van der Waals surface area contributed by atoms with Gasteiger partial charge in [0.25, 0.3) is 0 Å². The summed E-state index contributed by atoms with van der Waals surface area (Å²) in [6.07, 6.45) is 26.3. The molecule has 5 rings (SSSR count). The molecule has 47 heavy (non-hydrogen) atoms. The highest BCUT2D eigenvalue weighted by Crippen LogP contribution is 2.17. The van der Waals surface area contributed by atoms with E-state index in [-0.39, 0.29) is 0 Å². The zero-order valence-electron chi connectivity index (χ0n) is 30.4. The van der Waals surface area contributed by atoms with Crippen LogP contribution < -0.4 is 28.7 Å². The van der Waals surface area contributed by atoms with E-state index in [0.717, 1.165) is 63.8 Å². The van der Waals surface area contributed by atoms with E-state index in [1.165, 1.54) is 122 Å². The van der Waals surface area contributed by atoms with Gasteiger partial charge in [-0.25, -0.2) is 0 Å². The Kier molecular flexibility index (Phi) is 28.2. The Morgan fingerprint density at radius 2 is 1.36 bits per heavy atom. The van der Waals surface area contributed by atoms with Crippen molar-refractivity contribution < 1.29 is 9.21 Å². The summed E-state index contributed by atoms with van der Waals surface area (Å²) in [6.45, 7) is 9.55. The van der Waals surface area contributed by atoms with Crippen molar-refractivity contribution in [3.05, 3.63) is 24.2 Å². The van der Waals surface area contributed by atoms with E-state index in [1.807, 2.05) is 17.0 Å². The van der Waals surface area contributed by atoms with Gasteiger partial charge in [0.15, 0.2) is 0 Å². The molecule has 1 aromatic rings. The molecule has 1 atom stereocenters. The molecule has 1 aromatic heterocycles. The molecule has 0 radical (unpaired) electrons. The number of amides is 1.